The highest BCUT2D eigenvalue weighted by atomic mass is 16.1. The summed E-state index contributed by atoms with van der Waals surface area (Å²) >= 11 is 0. The lowest BCUT2D eigenvalue weighted by atomic mass is 9.95. The highest BCUT2D eigenvalue weighted by molar-refractivity contribution is 5.78. The molecule has 0 saturated carbocycles. The van der Waals surface area contributed by atoms with Gasteiger partial charge in [-0.1, -0.05) is 72.8 Å². The zero-order chi connectivity index (χ0) is 24.0. The molecule has 4 heteroatoms. The molecule has 0 radical (unpaired) electrons. The third kappa shape index (κ3) is 6.19. The Kier molecular flexibility index (Phi) is 7.60. The molecule has 2 aliphatic heterocycles. The van der Waals surface area contributed by atoms with E-state index < -0.39 is 0 Å². The first-order valence-corrected chi connectivity index (χ1v) is 13.1. The number of fused-ring (bicyclic) bond motifs is 1. The first kappa shape index (κ1) is 23.8. The van der Waals surface area contributed by atoms with E-state index in [9.17, 15) is 4.79 Å². The second-order valence-electron chi connectivity index (χ2n) is 10.2. The van der Waals surface area contributed by atoms with E-state index in [0.717, 1.165) is 58.5 Å². The van der Waals surface area contributed by atoms with Crippen LogP contribution in [0.25, 0.3) is 0 Å². The van der Waals surface area contributed by atoms with Crippen molar-refractivity contribution in [2.75, 3.05) is 19.6 Å². The fourth-order valence-corrected chi connectivity index (χ4v) is 5.50. The molecule has 0 spiro atoms. The van der Waals surface area contributed by atoms with Crippen LogP contribution in [0.15, 0.2) is 72.8 Å². The van der Waals surface area contributed by atoms with Crippen molar-refractivity contribution in [1.29, 1.82) is 0 Å². The van der Waals surface area contributed by atoms with E-state index in [1.807, 2.05) is 0 Å². The lowest BCUT2D eigenvalue weighted by Gasteiger charge is -2.31. The third-order valence-corrected chi connectivity index (χ3v) is 7.69. The molecule has 182 valence electrons. The Morgan fingerprint density at radius 3 is 2.40 bits per heavy atom. The number of piperidine rings is 1. The van der Waals surface area contributed by atoms with Gasteiger partial charge >= 0.3 is 0 Å². The molecule has 0 aromatic heterocycles. The Morgan fingerprint density at radius 1 is 0.829 bits per heavy atom. The van der Waals surface area contributed by atoms with Crippen molar-refractivity contribution < 1.29 is 4.79 Å². The maximum atomic E-state index is 12.9. The van der Waals surface area contributed by atoms with Crippen molar-refractivity contribution in [1.82, 2.24) is 15.1 Å². The number of carbonyl (C=O) groups is 1. The zero-order valence-electron chi connectivity index (χ0n) is 20.9. The Morgan fingerprint density at radius 2 is 1.57 bits per heavy atom. The van der Waals surface area contributed by atoms with Gasteiger partial charge in [0.15, 0.2) is 0 Å². The molecular weight excluding hydrogens is 430 g/mol. The molecule has 5 rings (SSSR count). The highest BCUT2D eigenvalue weighted by Gasteiger charge is 2.25. The summed E-state index contributed by atoms with van der Waals surface area (Å²) in [6.07, 6.45) is 3.00. The monoisotopic (exact) mass is 467 g/mol. The molecule has 2 aliphatic rings. The Labute approximate surface area is 210 Å². The average Bonchev–Trinajstić information content (AvgIpc) is 2.89. The van der Waals surface area contributed by atoms with Crippen LogP contribution in [0.2, 0.25) is 0 Å². The van der Waals surface area contributed by atoms with E-state index in [4.69, 9.17) is 0 Å². The second-order valence-corrected chi connectivity index (χ2v) is 10.2. The summed E-state index contributed by atoms with van der Waals surface area (Å²) in [5, 5.41) is 3.22. The van der Waals surface area contributed by atoms with Gasteiger partial charge in [0, 0.05) is 38.6 Å². The van der Waals surface area contributed by atoms with Crippen molar-refractivity contribution in [2.45, 2.75) is 52.4 Å². The molecular formula is C31H37N3O. The van der Waals surface area contributed by atoms with Crippen LogP contribution in [0.5, 0.6) is 0 Å². The summed E-state index contributed by atoms with van der Waals surface area (Å²) in [5.41, 5.74) is 8.18. The number of nitrogens with one attached hydrogen (secondary N) is 1. The number of carbonyl (C=O) groups excluding carboxylic acids is 1. The Balaban J connectivity index is 1.08. The number of nitrogens with zero attached hydrogens (tertiary/aromatic N) is 2. The Bertz CT molecular complexity index is 1150. The number of hydrogen-bond donors (Lipinski definition) is 1. The minimum atomic E-state index is 0.125. The normalized spacial score (nSPS) is 17.2. The topological polar surface area (TPSA) is 35.6 Å². The maximum Gasteiger partial charge on any atom is 0.223 e. The van der Waals surface area contributed by atoms with Crippen LogP contribution in [-0.2, 0) is 37.4 Å². The van der Waals surface area contributed by atoms with Crippen LogP contribution >= 0.6 is 0 Å². The lowest BCUT2D eigenvalue weighted by Crippen LogP contribution is -2.40. The quantitative estimate of drug-likeness (QED) is 0.526. The van der Waals surface area contributed by atoms with E-state index in [-0.39, 0.29) is 11.8 Å². The van der Waals surface area contributed by atoms with Crippen molar-refractivity contribution in [3.05, 3.63) is 106 Å². The standard InChI is InChI=1S/C31H37N3O/c1-24-7-2-3-11-29(24)22-33-16-14-28(15-17-33)31(35)32-20-25-8-6-9-26(19-25)21-34-18-13-27-10-4-5-12-30(27)23-34/h2-12,19,28H,13-18,20-23H2,1H3,(H,32,35). The average molecular weight is 468 g/mol. The van der Waals surface area contributed by atoms with Crippen LogP contribution in [0.1, 0.15) is 46.2 Å². The van der Waals surface area contributed by atoms with E-state index >= 15 is 0 Å². The molecule has 1 N–H and O–H groups in total. The van der Waals surface area contributed by atoms with Gasteiger partial charge in [-0.3, -0.25) is 14.6 Å². The van der Waals surface area contributed by atoms with Gasteiger partial charge in [0.05, 0.1) is 0 Å². The molecule has 2 heterocycles. The summed E-state index contributed by atoms with van der Waals surface area (Å²) in [6, 6.07) is 26.1. The fraction of sp³-hybridized carbons (Fsp3) is 0.387. The molecule has 0 bridgehead atoms. The van der Waals surface area contributed by atoms with E-state index in [1.54, 1.807) is 0 Å². The molecule has 1 saturated heterocycles. The number of amides is 1. The van der Waals surface area contributed by atoms with Gasteiger partial charge in [-0.05, 0) is 72.7 Å². The van der Waals surface area contributed by atoms with Crippen LogP contribution < -0.4 is 5.32 Å². The van der Waals surface area contributed by atoms with E-state index in [0.29, 0.717) is 6.54 Å². The fourth-order valence-electron chi connectivity index (χ4n) is 5.50. The number of rotatable bonds is 7. The molecule has 0 atom stereocenters. The predicted octanol–water partition coefficient (Wildman–Crippen LogP) is 5.08. The molecule has 0 unspecified atom stereocenters. The van der Waals surface area contributed by atoms with Crippen LogP contribution in [0, 0.1) is 12.8 Å². The van der Waals surface area contributed by atoms with Crippen molar-refractivity contribution in [3.63, 3.8) is 0 Å². The number of benzene rings is 3. The number of hydrogen-bond acceptors (Lipinski definition) is 3. The summed E-state index contributed by atoms with van der Waals surface area (Å²) in [4.78, 5) is 17.9. The first-order chi connectivity index (χ1) is 17.1. The summed E-state index contributed by atoms with van der Waals surface area (Å²) in [6.45, 7) is 8.81. The smallest absolute Gasteiger partial charge is 0.223 e. The zero-order valence-corrected chi connectivity index (χ0v) is 20.9. The van der Waals surface area contributed by atoms with E-state index in [2.05, 4.69) is 94.8 Å². The van der Waals surface area contributed by atoms with Crippen molar-refractivity contribution in [3.8, 4) is 0 Å². The number of likely N-dealkylation sites (tertiary alicyclic amines) is 1. The van der Waals surface area contributed by atoms with Gasteiger partial charge in [0.1, 0.15) is 0 Å². The van der Waals surface area contributed by atoms with Gasteiger partial charge in [-0.2, -0.15) is 0 Å². The van der Waals surface area contributed by atoms with Gasteiger partial charge < -0.3 is 5.32 Å². The number of aryl methyl sites for hydroxylation is 1. The first-order valence-electron chi connectivity index (χ1n) is 13.1. The summed E-state index contributed by atoms with van der Waals surface area (Å²) in [5.74, 6) is 0.332. The maximum absolute atomic E-state index is 12.9. The molecule has 1 fully saturated rings. The van der Waals surface area contributed by atoms with Crippen LogP contribution in [0.3, 0.4) is 0 Å². The molecule has 1 amide bonds. The van der Waals surface area contributed by atoms with Gasteiger partial charge in [-0.15, -0.1) is 0 Å². The molecule has 4 nitrogen and oxygen atoms in total. The molecule has 3 aromatic rings. The molecule has 0 aliphatic carbocycles. The lowest BCUT2D eigenvalue weighted by molar-refractivity contribution is -0.126. The van der Waals surface area contributed by atoms with Gasteiger partial charge in [0.2, 0.25) is 5.91 Å². The predicted molar refractivity (Wildman–Crippen MR) is 142 cm³/mol. The minimum absolute atomic E-state index is 0.125. The van der Waals surface area contributed by atoms with Crippen LogP contribution in [-0.4, -0.2) is 35.3 Å². The summed E-state index contributed by atoms with van der Waals surface area (Å²) in [7, 11) is 0. The Hall–Kier alpha value is -2.95. The minimum Gasteiger partial charge on any atom is -0.352 e. The second kappa shape index (κ2) is 11.2. The van der Waals surface area contributed by atoms with Gasteiger partial charge in [-0.25, -0.2) is 0 Å². The van der Waals surface area contributed by atoms with Crippen molar-refractivity contribution >= 4 is 5.91 Å². The van der Waals surface area contributed by atoms with Gasteiger partial charge in [0.25, 0.3) is 0 Å². The van der Waals surface area contributed by atoms with Crippen LogP contribution in [0.4, 0.5) is 0 Å². The van der Waals surface area contributed by atoms with Crippen molar-refractivity contribution in [2.24, 2.45) is 5.92 Å². The molecule has 35 heavy (non-hydrogen) atoms. The molecule has 3 aromatic carbocycles. The summed E-state index contributed by atoms with van der Waals surface area (Å²) < 4.78 is 0. The highest BCUT2D eigenvalue weighted by Crippen LogP contribution is 2.22. The SMILES string of the molecule is Cc1ccccc1CN1CCC(C(=O)NCc2cccc(CN3CCc4ccccc4C3)c2)CC1. The van der Waals surface area contributed by atoms with E-state index in [1.165, 1.54) is 33.4 Å². The third-order valence-electron chi connectivity index (χ3n) is 7.69. The largest absolute Gasteiger partial charge is 0.352 e.